The van der Waals surface area contributed by atoms with Crippen molar-refractivity contribution in [3.63, 3.8) is 0 Å². The van der Waals surface area contributed by atoms with Gasteiger partial charge >= 0.3 is 0 Å². The number of anilines is 1. The van der Waals surface area contributed by atoms with Crippen LogP contribution in [0.5, 0.6) is 0 Å². The number of hydrogen-bond donors (Lipinski definition) is 1. The second-order valence-electron chi connectivity index (χ2n) is 7.47. The minimum atomic E-state index is -0.0301. The Balaban J connectivity index is 1.57. The molecule has 0 radical (unpaired) electrons. The molecule has 150 valence electrons. The van der Waals surface area contributed by atoms with Gasteiger partial charge in [-0.05, 0) is 43.0 Å². The molecule has 4 rings (SSSR count). The molecule has 29 heavy (non-hydrogen) atoms. The Hall–Kier alpha value is -3.15. The van der Waals surface area contributed by atoms with E-state index in [1.807, 2.05) is 51.9 Å². The fourth-order valence-electron chi connectivity index (χ4n) is 4.02. The largest absolute Gasteiger partial charge is 0.356 e. The lowest BCUT2D eigenvalue weighted by Crippen LogP contribution is -2.38. The second kappa shape index (κ2) is 8.47. The fourth-order valence-corrected chi connectivity index (χ4v) is 4.02. The molecule has 2 aromatic carbocycles. The number of rotatable bonds is 6. The Labute approximate surface area is 170 Å². The van der Waals surface area contributed by atoms with Gasteiger partial charge in [0.05, 0.1) is 11.0 Å². The third kappa shape index (κ3) is 4.16. The summed E-state index contributed by atoms with van der Waals surface area (Å²) in [5, 5.41) is 2.82. The van der Waals surface area contributed by atoms with Crippen LogP contribution in [-0.2, 0) is 29.0 Å². The summed E-state index contributed by atoms with van der Waals surface area (Å²) in [6.45, 7) is 3.14. The van der Waals surface area contributed by atoms with Crippen LogP contribution in [0.4, 0.5) is 5.69 Å². The van der Waals surface area contributed by atoms with Gasteiger partial charge in [0.15, 0.2) is 0 Å². The molecule has 0 spiro atoms. The lowest BCUT2D eigenvalue weighted by Gasteiger charge is -2.29. The second-order valence-corrected chi connectivity index (χ2v) is 7.47. The van der Waals surface area contributed by atoms with Crippen molar-refractivity contribution in [2.75, 3.05) is 18.0 Å². The van der Waals surface area contributed by atoms with E-state index in [-0.39, 0.29) is 18.4 Å². The fraction of sp³-hybridized carbons (Fsp3) is 0.348. The van der Waals surface area contributed by atoms with Gasteiger partial charge in [-0.1, -0.05) is 30.3 Å². The van der Waals surface area contributed by atoms with Crippen LogP contribution in [0.3, 0.4) is 0 Å². The summed E-state index contributed by atoms with van der Waals surface area (Å²) in [6.07, 6.45) is 3.49. The molecular weight excluding hydrogens is 364 g/mol. The van der Waals surface area contributed by atoms with Crippen molar-refractivity contribution in [2.24, 2.45) is 0 Å². The Morgan fingerprint density at radius 3 is 2.76 bits per heavy atom. The van der Waals surface area contributed by atoms with Gasteiger partial charge < -0.3 is 14.8 Å². The molecule has 1 N–H and O–H groups in total. The maximum absolute atomic E-state index is 13.3. The van der Waals surface area contributed by atoms with Gasteiger partial charge in [0.25, 0.3) is 0 Å². The van der Waals surface area contributed by atoms with Crippen molar-refractivity contribution in [3.8, 4) is 0 Å². The summed E-state index contributed by atoms with van der Waals surface area (Å²) in [5.74, 6) is 0.941. The summed E-state index contributed by atoms with van der Waals surface area (Å²) < 4.78 is 2.03. The van der Waals surface area contributed by atoms with Crippen LogP contribution in [-0.4, -0.2) is 34.5 Å². The lowest BCUT2D eigenvalue weighted by atomic mass is 10.0. The molecule has 0 bridgehead atoms. The summed E-state index contributed by atoms with van der Waals surface area (Å²) in [4.78, 5) is 31.0. The van der Waals surface area contributed by atoms with Crippen LogP contribution >= 0.6 is 0 Å². The lowest BCUT2D eigenvalue weighted by molar-refractivity contribution is -0.119. The van der Waals surface area contributed by atoms with E-state index < -0.39 is 0 Å². The number of aromatic nitrogens is 2. The Bertz CT molecular complexity index is 1040. The number of fused-ring (bicyclic) bond motifs is 2. The smallest absolute Gasteiger partial charge is 0.246 e. The maximum Gasteiger partial charge on any atom is 0.246 e. The highest BCUT2D eigenvalue weighted by molar-refractivity contribution is 5.95. The molecule has 0 atom stereocenters. The molecule has 6 heteroatoms. The minimum absolute atomic E-state index is 0.0301. The van der Waals surface area contributed by atoms with E-state index in [0.717, 1.165) is 48.4 Å². The third-order valence-electron chi connectivity index (χ3n) is 5.39. The predicted octanol–water partition coefficient (Wildman–Crippen LogP) is 3.08. The van der Waals surface area contributed by atoms with E-state index in [1.165, 1.54) is 12.5 Å². The van der Waals surface area contributed by atoms with Gasteiger partial charge in [0, 0.05) is 32.1 Å². The number of imidazole rings is 1. The van der Waals surface area contributed by atoms with Crippen LogP contribution < -0.4 is 10.2 Å². The van der Waals surface area contributed by atoms with Gasteiger partial charge in [0.2, 0.25) is 11.8 Å². The van der Waals surface area contributed by atoms with Crippen LogP contribution in [0, 0.1) is 0 Å². The molecule has 3 aromatic rings. The van der Waals surface area contributed by atoms with Gasteiger partial charge in [0.1, 0.15) is 12.4 Å². The normalized spacial score (nSPS) is 13.3. The summed E-state index contributed by atoms with van der Waals surface area (Å²) >= 11 is 0. The first-order valence-electron chi connectivity index (χ1n) is 10.2. The molecule has 0 saturated carbocycles. The molecule has 1 aliphatic heterocycles. The molecule has 0 aliphatic carbocycles. The van der Waals surface area contributed by atoms with E-state index in [4.69, 9.17) is 4.98 Å². The van der Waals surface area contributed by atoms with E-state index in [0.29, 0.717) is 13.0 Å². The van der Waals surface area contributed by atoms with Gasteiger partial charge in [-0.15, -0.1) is 0 Å². The number of carbonyl (C=O) groups excluding carboxylic acids is 2. The molecule has 0 unspecified atom stereocenters. The first kappa shape index (κ1) is 19.2. The average Bonchev–Trinajstić information content (AvgIpc) is 3.08. The first-order valence-corrected chi connectivity index (χ1v) is 10.2. The highest BCUT2D eigenvalue weighted by atomic mass is 16.2. The zero-order chi connectivity index (χ0) is 20.2. The molecule has 1 aromatic heterocycles. The van der Waals surface area contributed by atoms with E-state index in [1.54, 1.807) is 0 Å². The van der Waals surface area contributed by atoms with Crippen molar-refractivity contribution < 1.29 is 9.59 Å². The molecule has 2 heterocycles. The SMILES string of the molecule is CC(=O)NCCCc1nc2ccccc2n1CC(=O)N1CCCc2ccccc21. The van der Waals surface area contributed by atoms with E-state index >= 15 is 0 Å². The number of carbonyl (C=O) groups is 2. The van der Waals surface area contributed by atoms with Crippen molar-refractivity contribution in [1.29, 1.82) is 0 Å². The van der Waals surface area contributed by atoms with Crippen LogP contribution in [0.25, 0.3) is 11.0 Å². The molecule has 2 amide bonds. The summed E-state index contributed by atoms with van der Waals surface area (Å²) in [6, 6.07) is 16.1. The number of benzene rings is 2. The number of hydrogen-bond acceptors (Lipinski definition) is 3. The monoisotopic (exact) mass is 390 g/mol. The van der Waals surface area contributed by atoms with Crippen LogP contribution in [0.1, 0.15) is 31.2 Å². The molecule has 6 nitrogen and oxygen atoms in total. The Morgan fingerprint density at radius 1 is 1.10 bits per heavy atom. The van der Waals surface area contributed by atoms with Gasteiger partial charge in [-0.3, -0.25) is 9.59 Å². The zero-order valence-electron chi connectivity index (χ0n) is 16.7. The quantitative estimate of drug-likeness (QED) is 0.658. The zero-order valence-corrected chi connectivity index (χ0v) is 16.7. The average molecular weight is 390 g/mol. The summed E-state index contributed by atoms with van der Waals surface area (Å²) in [7, 11) is 0. The van der Waals surface area contributed by atoms with Gasteiger partial charge in [-0.25, -0.2) is 4.98 Å². The van der Waals surface area contributed by atoms with Crippen molar-refractivity contribution in [3.05, 3.63) is 59.9 Å². The number of nitrogens with one attached hydrogen (secondary N) is 1. The van der Waals surface area contributed by atoms with Gasteiger partial charge in [-0.2, -0.15) is 0 Å². The predicted molar refractivity (Wildman–Crippen MR) is 114 cm³/mol. The number of para-hydroxylation sites is 3. The number of nitrogens with zero attached hydrogens (tertiary/aromatic N) is 3. The molecule has 0 fully saturated rings. The number of amides is 2. The molecule has 0 saturated heterocycles. The highest BCUT2D eigenvalue weighted by Gasteiger charge is 2.23. The minimum Gasteiger partial charge on any atom is -0.356 e. The summed E-state index contributed by atoms with van der Waals surface area (Å²) in [5.41, 5.74) is 4.13. The molecule has 1 aliphatic rings. The molecular formula is C23H26N4O2. The van der Waals surface area contributed by atoms with Crippen LogP contribution in [0.2, 0.25) is 0 Å². The van der Waals surface area contributed by atoms with Crippen molar-refractivity contribution in [1.82, 2.24) is 14.9 Å². The topological polar surface area (TPSA) is 67.2 Å². The van der Waals surface area contributed by atoms with Crippen molar-refractivity contribution in [2.45, 2.75) is 39.2 Å². The van der Waals surface area contributed by atoms with E-state index in [9.17, 15) is 9.59 Å². The first-order chi connectivity index (χ1) is 14.1. The van der Waals surface area contributed by atoms with E-state index in [2.05, 4.69) is 11.4 Å². The Morgan fingerprint density at radius 2 is 1.90 bits per heavy atom. The third-order valence-corrected chi connectivity index (χ3v) is 5.39. The standard InChI is InChI=1S/C23H26N4O2/c1-17(28)24-14-6-13-22-25-19-10-3-5-12-21(19)27(22)16-23(29)26-15-7-9-18-8-2-4-11-20(18)26/h2-5,8,10-12H,6-7,9,13-16H2,1H3,(H,24,28). The van der Waals surface area contributed by atoms with Crippen molar-refractivity contribution >= 4 is 28.5 Å². The van der Waals surface area contributed by atoms with Crippen LogP contribution in [0.15, 0.2) is 48.5 Å². The Kier molecular flexibility index (Phi) is 5.60. The highest BCUT2D eigenvalue weighted by Crippen LogP contribution is 2.27. The number of aryl methyl sites for hydroxylation is 2. The maximum atomic E-state index is 13.3.